The SMILES string of the molecule is CC1(NC(=O)C2=NNC(=O)CC2)CCS(=O)(=O)C1. The number of sulfone groups is 1. The Kier molecular flexibility index (Phi) is 3.14. The average Bonchev–Trinajstić information content (AvgIpc) is 2.53. The fraction of sp³-hybridized carbons (Fsp3) is 0.700. The minimum absolute atomic E-state index is 0.0502. The molecule has 8 heteroatoms. The molecular formula is C10H15N3O4S. The predicted molar refractivity (Wildman–Crippen MR) is 64.6 cm³/mol. The number of rotatable bonds is 2. The fourth-order valence-electron chi connectivity index (χ4n) is 2.09. The van der Waals surface area contributed by atoms with E-state index >= 15 is 0 Å². The van der Waals surface area contributed by atoms with Gasteiger partial charge in [-0.1, -0.05) is 0 Å². The molecule has 0 bridgehead atoms. The molecule has 1 saturated heterocycles. The highest BCUT2D eigenvalue weighted by atomic mass is 32.2. The van der Waals surface area contributed by atoms with Crippen molar-refractivity contribution in [2.24, 2.45) is 5.10 Å². The maximum atomic E-state index is 11.9. The van der Waals surface area contributed by atoms with Crippen molar-refractivity contribution in [1.29, 1.82) is 0 Å². The van der Waals surface area contributed by atoms with E-state index in [-0.39, 0.29) is 36.0 Å². The molecule has 1 unspecified atom stereocenters. The Morgan fingerprint density at radius 2 is 2.17 bits per heavy atom. The molecule has 0 spiro atoms. The second kappa shape index (κ2) is 4.34. The third kappa shape index (κ3) is 2.87. The molecule has 2 amide bonds. The summed E-state index contributed by atoms with van der Waals surface area (Å²) in [5.41, 5.74) is 1.74. The zero-order chi connectivity index (χ0) is 13.4. The summed E-state index contributed by atoms with van der Waals surface area (Å²) in [4.78, 5) is 22.8. The second-order valence-corrected chi connectivity index (χ2v) is 7.13. The normalized spacial score (nSPS) is 30.5. The number of nitrogens with one attached hydrogen (secondary N) is 2. The molecule has 2 aliphatic rings. The van der Waals surface area contributed by atoms with Crippen molar-refractivity contribution in [2.45, 2.75) is 31.7 Å². The molecule has 7 nitrogen and oxygen atoms in total. The van der Waals surface area contributed by atoms with Gasteiger partial charge in [-0.25, -0.2) is 13.8 Å². The first-order chi connectivity index (χ1) is 8.30. The van der Waals surface area contributed by atoms with Crippen molar-refractivity contribution in [2.75, 3.05) is 11.5 Å². The quantitative estimate of drug-likeness (QED) is 0.669. The van der Waals surface area contributed by atoms with Gasteiger partial charge in [-0.15, -0.1) is 0 Å². The van der Waals surface area contributed by atoms with E-state index in [1.807, 2.05) is 0 Å². The largest absolute Gasteiger partial charge is 0.345 e. The molecule has 0 radical (unpaired) electrons. The molecule has 100 valence electrons. The van der Waals surface area contributed by atoms with E-state index in [0.29, 0.717) is 6.42 Å². The van der Waals surface area contributed by atoms with Gasteiger partial charge in [0, 0.05) is 12.8 Å². The van der Waals surface area contributed by atoms with E-state index in [9.17, 15) is 18.0 Å². The lowest BCUT2D eigenvalue weighted by atomic mass is 10.0. The van der Waals surface area contributed by atoms with Crippen LogP contribution in [0.2, 0.25) is 0 Å². The van der Waals surface area contributed by atoms with E-state index in [1.165, 1.54) is 0 Å². The van der Waals surface area contributed by atoms with Gasteiger partial charge in [0.15, 0.2) is 9.84 Å². The number of hydrogen-bond acceptors (Lipinski definition) is 5. The highest BCUT2D eigenvalue weighted by Crippen LogP contribution is 2.22. The predicted octanol–water partition coefficient (Wildman–Crippen LogP) is -1.05. The first-order valence-corrected chi connectivity index (χ1v) is 7.50. The van der Waals surface area contributed by atoms with Crippen molar-refractivity contribution in [1.82, 2.24) is 10.7 Å². The van der Waals surface area contributed by atoms with Gasteiger partial charge in [0.1, 0.15) is 5.71 Å². The van der Waals surface area contributed by atoms with Gasteiger partial charge < -0.3 is 5.32 Å². The molecule has 0 aliphatic carbocycles. The molecular weight excluding hydrogens is 258 g/mol. The Labute approximate surface area is 105 Å². The van der Waals surface area contributed by atoms with Gasteiger partial charge in [-0.05, 0) is 13.3 Å². The zero-order valence-electron chi connectivity index (χ0n) is 10.0. The Bertz CT molecular complexity index is 525. The van der Waals surface area contributed by atoms with Crippen molar-refractivity contribution >= 4 is 27.4 Å². The third-order valence-electron chi connectivity index (χ3n) is 3.09. The van der Waals surface area contributed by atoms with Crippen LogP contribution >= 0.6 is 0 Å². The third-order valence-corrected chi connectivity index (χ3v) is 4.99. The molecule has 0 aromatic carbocycles. The smallest absolute Gasteiger partial charge is 0.267 e. The second-order valence-electron chi connectivity index (χ2n) is 4.95. The first kappa shape index (κ1) is 13.0. The molecule has 2 N–H and O–H groups in total. The molecule has 0 aromatic rings. The maximum Gasteiger partial charge on any atom is 0.267 e. The van der Waals surface area contributed by atoms with Crippen molar-refractivity contribution < 1.29 is 18.0 Å². The highest BCUT2D eigenvalue weighted by molar-refractivity contribution is 7.91. The van der Waals surface area contributed by atoms with Crippen molar-refractivity contribution in [3.8, 4) is 0 Å². The lowest BCUT2D eigenvalue weighted by Gasteiger charge is -2.24. The molecule has 0 saturated carbocycles. The number of amides is 2. The molecule has 2 rings (SSSR count). The van der Waals surface area contributed by atoms with E-state index in [1.54, 1.807) is 6.92 Å². The van der Waals surface area contributed by atoms with E-state index in [2.05, 4.69) is 15.8 Å². The van der Waals surface area contributed by atoms with Crippen LogP contribution in [0, 0.1) is 0 Å². The van der Waals surface area contributed by atoms with Crippen LogP contribution in [0.3, 0.4) is 0 Å². The van der Waals surface area contributed by atoms with Crippen LogP contribution in [0.25, 0.3) is 0 Å². The van der Waals surface area contributed by atoms with Crippen LogP contribution < -0.4 is 10.7 Å². The summed E-state index contributed by atoms with van der Waals surface area (Å²) in [6.45, 7) is 1.71. The Morgan fingerprint density at radius 3 is 2.67 bits per heavy atom. The molecule has 18 heavy (non-hydrogen) atoms. The molecule has 2 aliphatic heterocycles. The van der Waals surface area contributed by atoms with Gasteiger partial charge >= 0.3 is 0 Å². The zero-order valence-corrected chi connectivity index (χ0v) is 10.8. The van der Waals surface area contributed by atoms with Crippen LogP contribution in [0.1, 0.15) is 26.2 Å². The monoisotopic (exact) mass is 273 g/mol. The van der Waals surface area contributed by atoms with Gasteiger partial charge in [0.2, 0.25) is 5.91 Å². The Balaban J connectivity index is 2.02. The summed E-state index contributed by atoms with van der Waals surface area (Å²) in [5.74, 6) is -0.589. The standard InChI is InChI=1S/C10H15N3O4S/c1-10(4-5-18(16,17)6-10)11-9(15)7-2-3-8(14)13-12-7/h2-6H2,1H3,(H,11,15)(H,13,14). The first-order valence-electron chi connectivity index (χ1n) is 5.68. The molecule has 0 aromatic heterocycles. The van der Waals surface area contributed by atoms with E-state index in [0.717, 1.165) is 0 Å². The van der Waals surface area contributed by atoms with Gasteiger partial charge in [-0.2, -0.15) is 5.10 Å². The summed E-state index contributed by atoms with van der Waals surface area (Å²) in [5, 5.41) is 6.37. The summed E-state index contributed by atoms with van der Waals surface area (Å²) in [6, 6.07) is 0. The minimum atomic E-state index is -3.06. The molecule has 2 heterocycles. The molecule has 1 fully saturated rings. The van der Waals surface area contributed by atoms with Gasteiger partial charge in [-0.3, -0.25) is 9.59 Å². The van der Waals surface area contributed by atoms with Crippen LogP contribution in [-0.4, -0.2) is 43.0 Å². The van der Waals surface area contributed by atoms with E-state index in [4.69, 9.17) is 0 Å². The van der Waals surface area contributed by atoms with Crippen LogP contribution in [0.4, 0.5) is 0 Å². The Hall–Kier alpha value is -1.44. The maximum absolute atomic E-state index is 11.9. The summed E-state index contributed by atoms with van der Waals surface area (Å²) >= 11 is 0. The minimum Gasteiger partial charge on any atom is -0.345 e. The Morgan fingerprint density at radius 1 is 1.44 bits per heavy atom. The van der Waals surface area contributed by atoms with Gasteiger partial charge in [0.25, 0.3) is 5.91 Å². The number of carbonyl (C=O) groups excluding carboxylic acids is 2. The topological polar surface area (TPSA) is 105 Å². The highest BCUT2D eigenvalue weighted by Gasteiger charge is 2.40. The van der Waals surface area contributed by atoms with Gasteiger partial charge in [0.05, 0.1) is 17.0 Å². The summed E-state index contributed by atoms with van der Waals surface area (Å²) in [7, 11) is -3.06. The fourth-order valence-corrected chi connectivity index (χ4v) is 4.19. The number of carbonyl (C=O) groups is 2. The lowest BCUT2D eigenvalue weighted by molar-refractivity contribution is -0.121. The van der Waals surface area contributed by atoms with E-state index < -0.39 is 21.3 Å². The van der Waals surface area contributed by atoms with Crippen LogP contribution in [0.5, 0.6) is 0 Å². The number of hydrazone groups is 1. The van der Waals surface area contributed by atoms with Crippen LogP contribution in [0.15, 0.2) is 5.10 Å². The number of hydrogen-bond donors (Lipinski definition) is 2. The lowest BCUT2D eigenvalue weighted by Crippen LogP contribution is -2.50. The average molecular weight is 273 g/mol. The van der Waals surface area contributed by atoms with Crippen molar-refractivity contribution in [3.63, 3.8) is 0 Å². The van der Waals surface area contributed by atoms with Crippen molar-refractivity contribution in [3.05, 3.63) is 0 Å². The summed E-state index contributed by atoms with van der Waals surface area (Å²) < 4.78 is 22.8. The van der Waals surface area contributed by atoms with Crippen LogP contribution in [-0.2, 0) is 19.4 Å². The summed E-state index contributed by atoms with van der Waals surface area (Å²) in [6.07, 6.45) is 0.905. The molecule has 1 atom stereocenters. The number of nitrogens with zero attached hydrogens (tertiary/aromatic N) is 1.